The fourth-order valence-electron chi connectivity index (χ4n) is 5.60. The first-order valence-electron chi connectivity index (χ1n) is 12.5. The number of hydrogen-bond donors (Lipinski definition) is 1. The number of carbonyl (C=O) groups excluding carboxylic acids is 1. The highest BCUT2D eigenvalue weighted by Crippen LogP contribution is 2.39. The van der Waals surface area contributed by atoms with Gasteiger partial charge in [-0.2, -0.15) is 5.10 Å². The summed E-state index contributed by atoms with van der Waals surface area (Å²) in [5, 5.41) is 8.75. The van der Waals surface area contributed by atoms with Crippen molar-refractivity contribution in [3.63, 3.8) is 0 Å². The summed E-state index contributed by atoms with van der Waals surface area (Å²) < 4.78 is 3.83. The van der Waals surface area contributed by atoms with Gasteiger partial charge in [0.1, 0.15) is 5.82 Å². The van der Waals surface area contributed by atoms with Crippen molar-refractivity contribution in [1.82, 2.24) is 19.3 Å². The normalized spacial score (nSPS) is 23.4. The third-order valence-corrected chi connectivity index (χ3v) is 8.66. The lowest BCUT2D eigenvalue weighted by molar-refractivity contribution is -0.113. The predicted octanol–water partition coefficient (Wildman–Crippen LogP) is 5.44. The average molecular weight is 480 g/mol. The van der Waals surface area contributed by atoms with Crippen molar-refractivity contribution in [2.45, 2.75) is 76.0 Å². The molecule has 2 aliphatic carbocycles. The molecule has 8 heteroatoms. The summed E-state index contributed by atoms with van der Waals surface area (Å²) >= 11 is 1.35. The highest BCUT2D eigenvalue weighted by molar-refractivity contribution is 7.99. The highest BCUT2D eigenvalue weighted by atomic mass is 32.2. The van der Waals surface area contributed by atoms with Gasteiger partial charge in [0, 0.05) is 12.1 Å². The van der Waals surface area contributed by atoms with E-state index in [1.807, 2.05) is 39.6 Å². The molecule has 2 fully saturated rings. The summed E-state index contributed by atoms with van der Waals surface area (Å²) in [6.07, 6.45) is 9.61. The Balaban J connectivity index is 1.39. The van der Waals surface area contributed by atoms with Crippen LogP contribution in [-0.4, -0.2) is 31.0 Å². The fourth-order valence-corrected chi connectivity index (χ4v) is 6.45. The molecule has 1 amide bonds. The van der Waals surface area contributed by atoms with E-state index in [0.29, 0.717) is 33.9 Å². The topological polar surface area (TPSA) is 81.8 Å². The van der Waals surface area contributed by atoms with E-state index in [0.717, 1.165) is 31.5 Å². The van der Waals surface area contributed by atoms with E-state index in [9.17, 15) is 9.59 Å². The van der Waals surface area contributed by atoms with E-state index in [-0.39, 0.29) is 23.3 Å². The zero-order valence-corrected chi connectivity index (χ0v) is 20.8. The molecule has 180 valence electrons. The molecular weight excluding hydrogens is 446 g/mol. The monoisotopic (exact) mass is 479 g/mol. The molecule has 34 heavy (non-hydrogen) atoms. The second-order valence-electron chi connectivity index (χ2n) is 9.86. The molecule has 3 unspecified atom stereocenters. The number of fused-ring (bicyclic) bond motifs is 1. The van der Waals surface area contributed by atoms with Crippen LogP contribution < -0.4 is 10.9 Å². The number of thioether (sulfide) groups is 1. The van der Waals surface area contributed by atoms with Crippen LogP contribution in [-0.2, 0) is 4.79 Å². The second-order valence-corrected chi connectivity index (χ2v) is 10.8. The van der Waals surface area contributed by atoms with Crippen LogP contribution in [0, 0.1) is 11.8 Å². The quantitative estimate of drug-likeness (QED) is 0.376. The highest BCUT2D eigenvalue weighted by Gasteiger charge is 2.31. The van der Waals surface area contributed by atoms with Crippen molar-refractivity contribution in [2.75, 3.05) is 11.1 Å². The minimum absolute atomic E-state index is 0.00114. The number of rotatable bonds is 6. The van der Waals surface area contributed by atoms with Gasteiger partial charge in [0.25, 0.3) is 5.56 Å². The van der Waals surface area contributed by atoms with Crippen molar-refractivity contribution < 1.29 is 4.79 Å². The van der Waals surface area contributed by atoms with Crippen molar-refractivity contribution in [3.05, 3.63) is 46.9 Å². The zero-order chi connectivity index (χ0) is 23.7. The summed E-state index contributed by atoms with van der Waals surface area (Å²) in [6, 6.07) is 9.83. The Labute approximate surface area is 204 Å². The largest absolute Gasteiger partial charge is 0.310 e. The van der Waals surface area contributed by atoms with Gasteiger partial charge in [-0.15, -0.1) is 0 Å². The lowest BCUT2D eigenvalue weighted by Crippen LogP contribution is -2.35. The van der Waals surface area contributed by atoms with Crippen molar-refractivity contribution in [1.29, 1.82) is 0 Å². The van der Waals surface area contributed by atoms with Crippen LogP contribution in [0.5, 0.6) is 0 Å². The number of para-hydroxylation sites is 1. The number of benzene rings is 1. The SMILES string of the molecule is CC1CCCC(n2c(SCC(=O)Nc3ccnn3C3CCCC3)nc3ccccc3c2=O)C1C. The smallest absolute Gasteiger partial charge is 0.262 e. The molecule has 2 aliphatic rings. The minimum atomic E-state index is -0.108. The van der Waals surface area contributed by atoms with Gasteiger partial charge in [-0.05, 0) is 43.2 Å². The van der Waals surface area contributed by atoms with Crippen LogP contribution in [0.4, 0.5) is 5.82 Å². The van der Waals surface area contributed by atoms with Gasteiger partial charge in [0.15, 0.2) is 5.16 Å². The Morgan fingerprint density at radius 3 is 2.71 bits per heavy atom. The lowest BCUT2D eigenvalue weighted by Gasteiger charge is -2.36. The van der Waals surface area contributed by atoms with Gasteiger partial charge in [-0.3, -0.25) is 14.2 Å². The summed E-state index contributed by atoms with van der Waals surface area (Å²) in [5.74, 6) is 1.76. The number of aromatic nitrogens is 4. The second kappa shape index (κ2) is 9.94. The molecule has 2 saturated carbocycles. The molecule has 0 bridgehead atoms. The van der Waals surface area contributed by atoms with Gasteiger partial charge in [0.2, 0.25) is 5.91 Å². The standard InChI is InChI=1S/C26H33N5O2S/c1-17-8-7-13-22(18(17)2)30-25(33)20-11-5-6-12-21(20)28-26(30)34-16-24(32)29-23-14-15-27-31(23)19-9-3-4-10-19/h5-6,11-12,14-15,17-19,22H,3-4,7-10,13,16H2,1-2H3,(H,29,32). The summed E-state index contributed by atoms with van der Waals surface area (Å²) in [7, 11) is 0. The Morgan fingerprint density at radius 1 is 1.09 bits per heavy atom. The molecule has 7 nitrogen and oxygen atoms in total. The summed E-state index contributed by atoms with van der Waals surface area (Å²) in [4.78, 5) is 31.4. The van der Waals surface area contributed by atoms with Gasteiger partial charge >= 0.3 is 0 Å². The maximum atomic E-state index is 13.6. The van der Waals surface area contributed by atoms with E-state index < -0.39 is 0 Å². The van der Waals surface area contributed by atoms with E-state index in [4.69, 9.17) is 4.98 Å². The molecule has 0 radical (unpaired) electrons. The molecular formula is C26H33N5O2S. The summed E-state index contributed by atoms with van der Waals surface area (Å²) in [6.45, 7) is 4.51. The molecule has 1 N–H and O–H groups in total. The van der Waals surface area contributed by atoms with Gasteiger partial charge in [-0.1, -0.05) is 63.4 Å². The van der Waals surface area contributed by atoms with Crippen LogP contribution >= 0.6 is 11.8 Å². The Hall–Kier alpha value is -2.61. The minimum Gasteiger partial charge on any atom is -0.310 e. The molecule has 5 rings (SSSR count). The van der Waals surface area contributed by atoms with Gasteiger partial charge in [-0.25, -0.2) is 9.67 Å². The molecule has 0 saturated heterocycles. The van der Waals surface area contributed by atoms with Crippen LogP contribution in [0.25, 0.3) is 10.9 Å². The van der Waals surface area contributed by atoms with Gasteiger partial charge in [0.05, 0.1) is 28.9 Å². The maximum Gasteiger partial charge on any atom is 0.262 e. The lowest BCUT2D eigenvalue weighted by atomic mass is 9.78. The first-order valence-corrected chi connectivity index (χ1v) is 13.5. The molecule has 2 heterocycles. The maximum absolute atomic E-state index is 13.6. The number of carbonyl (C=O) groups is 1. The van der Waals surface area contributed by atoms with E-state index in [1.165, 1.54) is 31.0 Å². The number of amides is 1. The number of nitrogens with one attached hydrogen (secondary N) is 1. The van der Waals surface area contributed by atoms with Crippen LogP contribution in [0.1, 0.15) is 70.9 Å². The Morgan fingerprint density at radius 2 is 1.88 bits per heavy atom. The van der Waals surface area contributed by atoms with Crippen molar-refractivity contribution >= 4 is 34.4 Å². The number of hydrogen-bond acceptors (Lipinski definition) is 5. The first-order chi connectivity index (χ1) is 16.5. The predicted molar refractivity (Wildman–Crippen MR) is 136 cm³/mol. The number of nitrogens with zero attached hydrogens (tertiary/aromatic N) is 4. The Bertz CT molecular complexity index is 1230. The Kier molecular flexibility index (Phi) is 6.77. The van der Waals surface area contributed by atoms with Crippen LogP contribution in [0.2, 0.25) is 0 Å². The molecule has 1 aromatic carbocycles. The summed E-state index contributed by atoms with van der Waals surface area (Å²) in [5.41, 5.74) is 0.682. The van der Waals surface area contributed by atoms with Crippen LogP contribution in [0.3, 0.4) is 0 Å². The van der Waals surface area contributed by atoms with E-state index in [1.54, 1.807) is 6.20 Å². The zero-order valence-electron chi connectivity index (χ0n) is 19.9. The molecule has 3 atom stereocenters. The molecule has 0 spiro atoms. The first kappa shape index (κ1) is 23.1. The van der Waals surface area contributed by atoms with Crippen molar-refractivity contribution in [2.24, 2.45) is 11.8 Å². The third-order valence-electron chi connectivity index (χ3n) is 7.71. The number of anilines is 1. The van der Waals surface area contributed by atoms with E-state index in [2.05, 4.69) is 24.3 Å². The van der Waals surface area contributed by atoms with Gasteiger partial charge < -0.3 is 5.32 Å². The van der Waals surface area contributed by atoms with Crippen LogP contribution in [0.15, 0.2) is 46.5 Å². The van der Waals surface area contributed by atoms with Crippen molar-refractivity contribution in [3.8, 4) is 0 Å². The average Bonchev–Trinajstić information content (AvgIpc) is 3.52. The molecule has 2 aromatic heterocycles. The fraction of sp³-hybridized carbons (Fsp3) is 0.538. The third kappa shape index (κ3) is 4.52. The molecule has 3 aromatic rings. The van der Waals surface area contributed by atoms with E-state index >= 15 is 0 Å². The molecule has 0 aliphatic heterocycles.